The van der Waals surface area contributed by atoms with E-state index in [1.165, 1.54) is 16.2 Å². The summed E-state index contributed by atoms with van der Waals surface area (Å²) in [6.07, 6.45) is 1.57. The monoisotopic (exact) mass is 361 g/mol. The van der Waals surface area contributed by atoms with E-state index < -0.39 is 6.09 Å². The molecule has 1 saturated heterocycles. The van der Waals surface area contributed by atoms with Gasteiger partial charge in [0.15, 0.2) is 0 Å². The number of carbonyl (C=O) groups is 2. The Labute approximate surface area is 129 Å². The Kier molecular flexibility index (Phi) is 4.87. The van der Waals surface area contributed by atoms with Gasteiger partial charge in [-0.05, 0) is 41.3 Å². The molecule has 2 rings (SSSR count). The summed E-state index contributed by atoms with van der Waals surface area (Å²) in [6, 6.07) is 1.53. The van der Waals surface area contributed by atoms with Crippen molar-refractivity contribution >= 4 is 45.0 Å². The first-order valence-electron chi connectivity index (χ1n) is 6.31. The molecule has 2 amide bonds. The van der Waals surface area contributed by atoms with Gasteiger partial charge in [-0.25, -0.2) is 4.79 Å². The second kappa shape index (κ2) is 6.45. The highest BCUT2D eigenvalue weighted by molar-refractivity contribution is 9.11. The Hall–Kier alpha value is -1.28. The molecule has 1 aliphatic rings. The molecule has 0 bridgehead atoms. The Bertz CT molecular complexity index is 520. The van der Waals surface area contributed by atoms with Crippen molar-refractivity contribution in [3.05, 3.63) is 14.7 Å². The third-order valence-electron chi connectivity index (χ3n) is 3.21. The number of carboxylic acid groups (broad SMARTS) is 1. The van der Waals surface area contributed by atoms with Crippen LogP contribution in [0.25, 0.3) is 0 Å². The number of rotatable bonds is 2. The summed E-state index contributed by atoms with van der Waals surface area (Å²) in [7, 11) is 0. The first-order valence-corrected chi connectivity index (χ1v) is 7.92. The van der Waals surface area contributed by atoms with Gasteiger partial charge in [-0.15, -0.1) is 11.3 Å². The van der Waals surface area contributed by atoms with Crippen molar-refractivity contribution in [3.8, 4) is 0 Å². The maximum Gasteiger partial charge on any atom is 0.407 e. The molecule has 1 atom stereocenters. The maximum atomic E-state index is 12.2. The summed E-state index contributed by atoms with van der Waals surface area (Å²) in [5.74, 6) is -0.240. The lowest BCUT2D eigenvalue weighted by Crippen LogP contribution is -2.44. The van der Waals surface area contributed by atoms with Gasteiger partial charge in [-0.3, -0.25) is 4.79 Å². The van der Waals surface area contributed by atoms with Gasteiger partial charge in [0, 0.05) is 19.1 Å². The van der Waals surface area contributed by atoms with Gasteiger partial charge in [0.1, 0.15) is 4.88 Å². The summed E-state index contributed by atoms with van der Waals surface area (Å²) in [5, 5.41) is 11.9. The molecule has 0 saturated carbocycles. The fourth-order valence-corrected chi connectivity index (χ4v) is 3.68. The average molecular weight is 362 g/mol. The number of carbonyl (C=O) groups excluding carboxylic acids is 1. The van der Waals surface area contributed by atoms with Gasteiger partial charge >= 0.3 is 6.09 Å². The van der Waals surface area contributed by atoms with E-state index in [4.69, 9.17) is 10.8 Å². The van der Waals surface area contributed by atoms with Crippen LogP contribution in [0.1, 0.15) is 28.9 Å². The molecule has 0 aliphatic carbocycles. The number of nitrogen functional groups attached to an aromatic ring is 1. The van der Waals surface area contributed by atoms with Crippen LogP contribution in [0.3, 0.4) is 0 Å². The van der Waals surface area contributed by atoms with Gasteiger partial charge < -0.3 is 21.1 Å². The van der Waals surface area contributed by atoms with Gasteiger partial charge in [-0.2, -0.15) is 0 Å². The van der Waals surface area contributed by atoms with Gasteiger partial charge in [0.05, 0.1) is 9.47 Å². The van der Waals surface area contributed by atoms with Crippen LogP contribution >= 0.6 is 27.3 Å². The zero-order valence-electron chi connectivity index (χ0n) is 10.8. The number of likely N-dealkylation sites (tertiary alicyclic amines) is 1. The minimum atomic E-state index is -0.940. The molecule has 1 unspecified atom stereocenters. The minimum absolute atomic E-state index is 0.165. The molecule has 110 valence electrons. The molecular weight excluding hydrogens is 346 g/mol. The van der Waals surface area contributed by atoms with Crippen molar-refractivity contribution in [2.75, 3.05) is 18.8 Å². The molecule has 6 nitrogen and oxygen atoms in total. The largest absolute Gasteiger partial charge is 0.465 e. The number of nitrogens with one attached hydrogen (secondary N) is 1. The number of anilines is 1. The number of nitrogens with zero attached hydrogens (tertiary/aromatic N) is 1. The van der Waals surface area contributed by atoms with Crippen LogP contribution in [-0.4, -0.2) is 41.1 Å². The predicted octanol–water partition coefficient (Wildman–Crippen LogP) is 2.36. The van der Waals surface area contributed by atoms with Crippen molar-refractivity contribution in [1.29, 1.82) is 0 Å². The van der Waals surface area contributed by atoms with Crippen LogP contribution in [0.2, 0.25) is 0 Å². The van der Waals surface area contributed by atoms with E-state index in [2.05, 4.69) is 21.2 Å². The number of amides is 2. The number of hydrogen-bond donors (Lipinski definition) is 3. The zero-order valence-corrected chi connectivity index (χ0v) is 13.2. The van der Waals surface area contributed by atoms with E-state index in [9.17, 15) is 9.59 Å². The molecule has 0 aromatic carbocycles. The van der Waals surface area contributed by atoms with E-state index in [0.717, 1.165) is 23.0 Å². The number of halogens is 1. The summed E-state index contributed by atoms with van der Waals surface area (Å²) >= 11 is 4.56. The summed E-state index contributed by atoms with van der Waals surface area (Å²) in [6.45, 7) is 0.849. The van der Waals surface area contributed by atoms with E-state index in [-0.39, 0.29) is 11.9 Å². The van der Waals surface area contributed by atoms with Crippen molar-refractivity contribution < 1.29 is 14.7 Å². The molecule has 1 aliphatic heterocycles. The molecule has 1 aromatic rings. The number of nitrogens with two attached hydrogens (primary N) is 1. The fraction of sp³-hybridized carbons (Fsp3) is 0.500. The van der Waals surface area contributed by atoms with E-state index in [1.54, 1.807) is 6.07 Å². The molecule has 1 fully saturated rings. The Morgan fingerprint density at radius 2 is 2.25 bits per heavy atom. The lowest BCUT2D eigenvalue weighted by atomic mass is 10.1. The third-order valence-corrected chi connectivity index (χ3v) is 4.87. The normalized spacial score (nSPS) is 19.4. The first kappa shape index (κ1) is 15.1. The zero-order chi connectivity index (χ0) is 14.7. The van der Waals surface area contributed by atoms with Crippen LogP contribution in [0.4, 0.5) is 10.5 Å². The van der Waals surface area contributed by atoms with Gasteiger partial charge in [0.25, 0.3) is 5.91 Å². The van der Waals surface area contributed by atoms with Crippen molar-refractivity contribution in [1.82, 2.24) is 10.2 Å². The minimum Gasteiger partial charge on any atom is -0.465 e. The summed E-state index contributed by atoms with van der Waals surface area (Å²) in [5.41, 5.74) is 6.20. The highest BCUT2D eigenvalue weighted by atomic mass is 79.9. The van der Waals surface area contributed by atoms with Gasteiger partial charge in [0.2, 0.25) is 0 Å². The fourth-order valence-electron chi connectivity index (χ4n) is 2.24. The third kappa shape index (κ3) is 3.63. The van der Waals surface area contributed by atoms with Crippen LogP contribution in [-0.2, 0) is 0 Å². The molecule has 20 heavy (non-hydrogen) atoms. The molecule has 2 heterocycles. The van der Waals surface area contributed by atoms with E-state index in [0.29, 0.717) is 23.7 Å². The highest BCUT2D eigenvalue weighted by Crippen LogP contribution is 2.29. The van der Waals surface area contributed by atoms with E-state index in [1.807, 2.05) is 0 Å². The molecule has 1 aromatic heterocycles. The van der Waals surface area contributed by atoms with Crippen LogP contribution in [0.5, 0.6) is 0 Å². The Balaban J connectivity index is 2.02. The maximum absolute atomic E-state index is 12.2. The molecular formula is C12H16BrN3O3S. The number of thiophene rings is 1. The van der Waals surface area contributed by atoms with Crippen LogP contribution < -0.4 is 11.1 Å². The molecule has 0 radical (unpaired) electrons. The van der Waals surface area contributed by atoms with Crippen molar-refractivity contribution in [2.45, 2.75) is 25.3 Å². The lowest BCUT2D eigenvalue weighted by molar-refractivity contribution is 0.0925. The van der Waals surface area contributed by atoms with Crippen molar-refractivity contribution in [3.63, 3.8) is 0 Å². The van der Waals surface area contributed by atoms with Crippen LogP contribution in [0, 0.1) is 0 Å². The quantitative estimate of drug-likeness (QED) is 0.753. The molecule has 8 heteroatoms. The van der Waals surface area contributed by atoms with Crippen molar-refractivity contribution in [2.24, 2.45) is 0 Å². The second-order valence-electron chi connectivity index (χ2n) is 4.73. The number of hydrogen-bond acceptors (Lipinski definition) is 4. The van der Waals surface area contributed by atoms with Gasteiger partial charge in [-0.1, -0.05) is 0 Å². The first-order chi connectivity index (χ1) is 9.47. The summed E-state index contributed by atoms with van der Waals surface area (Å²) in [4.78, 5) is 25.0. The smallest absolute Gasteiger partial charge is 0.407 e. The predicted molar refractivity (Wildman–Crippen MR) is 81.1 cm³/mol. The standard InChI is InChI=1S/C12H16BrN3O3S/c13-9-5-8(14)10(20-9)11(17)15-7-3-1-2-4-16(6-7)12(18)19/h5,7H,1-4,6,14H2,(H,15,17)(H,18,19). The lowest BCUT2D eigenvalue weighted by Gasteiger charge is -2.22. The molecule has 0 spiro atoms. The Morgan fingerprint density at radius 3 is 2.85 bits per heavy atom. The highest BCUT2D eigenvalue weighted by Gasteiger charge is 2.24. The summed E-state index contributed by atoms with van der Waals surface area (Å²) < 4.78 is 0.799. The Morgan fingerprint density at radius 1 is 1.50 bits per heavy atom. The van der Waals surface area contributed by atoms with E-state index >= 15 is 0 Å². The second-order valence-corrected chi connectivity index (χ2v) is 7.16. The molecule has 4 N–H and O–H groups in total. The topological polar surface area (TPSA) is 95.7 Å². The van der Waals surface area contributed by atoms with Crippen LogP contribution in [0.15, 0.2) is 9.85 Å². The SMILES string of the molecule is Nc1cc(Br)sc1C(=O)NC1CCCCN(C(=O)O)C1. The average Bonchev–Trinajstić information content (AvgIpc) is 2.60.